The molecule has 4 rings (SSSR count). The van der Waals surface area contributed by atoms with Gasteiger partial charge in [-0.15, -0.1) is 0 Å². The van der Waals surface area contributed by atoms with E-state index in [1.807, 2.05) is 24.3 Å². The van der Waals surface area contributed by atoms with Crippen LogP contribution < -0.4 is 19.1 Å². The number of benzene rings is 2. The molecule has 0 spiro atoms. The molecular formula is C20H21BrN2O5S. The van der Waals surface area contributed by atoms with Gasteiger partial charge in [-0.1, -0.05) is 28.1 Å². The molecule has 9 heteroatoms. The predicted octanol–water partition coefficient (Wildman–Crippen LogP) is 2.65. The van der Waals surface area contributed by atoms with Gasteiger partial charge in [0.25, 0.3) is 0 Å². The van der Waals surface area contributed by atoms with E-state index in [-0.39, 0.29) is 17.4 Å². The first-order chi connectivity index (χ1) is 13.8. The van der Waals surface area contributed by atoms with E-state index in [1.54, 1.807) is 13.2 Å². The number of sulfonamides is 1. The topological polar surface area (TPSA) is 84.9 Å². The van der Waals surface area contributed by atoms with E-state index in [4.69, 9.17) is 9.47 Å². The van der Waals surface area contributed by atoms with Gasteiger partial charge in [0.1, 0.15) is 11.5 Å². The van der Waals surface area contributed by atoms with Crippen LogP contribution in [-0.4, -0.2) is 40.6 Å². The molecule has 2 aliphatic heterocycles. The van der Waals surface area contributed by atoms with Crippen molar-refractivity contribution in [3.05, 3.63) is 45.9 Å². The second-order valence-corrected chi connectivity index (χ2v) is 9.71. The number of carbonyl (C=O) groups excluding carboxylic acids is 1. The maximum Gasteiger partial charge on any atom is 0.243 e. The van der Waals surface area contributed by atoms with Gasteiger partial charge in [0.2, 0.25) is 15.9 Å². The average molecular weight is 481 g/mol. The van der Waals surface area contributed by atoms with Crippen molar-refractivity contribution in [1.82, 2.24) is 4.72 Å². The number of rotatable bonds is 4. The quantitative estimate of drug-likeness (QED) is 0.726. The van der Waals surface area contributed by atoms with Gasteiger partial charge in [0.15, 0.2) is 11.5 Å². The van der Waals surface area contributed by atoms with Crippen molar-refractivity contribution >= 4 is 37.5 Å². The molecule has 2 aromatic rings. The molecule has 2 aliphatic rings. The van der Waals surface area contributed by atoms with E-state index < -0.39 is 16.1 Å². The first-order valence-electron chi connectivity index (χ1n) is 9.21. The molecule has 0 saturated heterocycles. The number of ether oxygens (including phenoxy) is 2. The van der Waals surface area contributed by atoms with Crippen LogP contribution in [0.15, 0.2) is 39.7 Å². The number of methoxy groups -OCH3 is 1. The van der Waals surface area contributed by atoms with E-state index in [2.05, 4.69) is 20.7 Å². The van der Waals surface area contributed by atoms with Crippen LogP contribution in [0.4, 0.5) is 5.69 Å². The highest BCUT2D eigenvalue weighted by Crippen LogP contribution is 2.38. The minimum atomic E-state index is -3.88. The van der Waals surface area contributed by atoms with Crippen LogP contribution in [0.3, 0.4) is 0 Å². The molecule has 0 radical (unpaired) electrons. The highest BCUT2D eigenvalue weighted by molar-refractivity contribution is 9.10. The smallest absolute Gasteiger partial charge is 0.243 e. The first-order valence-corrected chi connectivity index (χ1v) is 11.5. The number of nitrogens with zero attached hydrogens (tertiary/aromatic N) is 1. The zero-order valence-electron chi connectivity index (χ0n) is 16.1. The zero-order chi connectivity index (χ0) is 20.8. The molecule has 2 aromatic carbocycles. The van der Waals surface area contributed by atoms with Crippen LogP contribution >= 0.6 is 15.9 Å². The van der Waals surface area contributed by atoms with E-state index in [0.717, 1.165) is 11.1 Å². The zero-order valence-corrected chi connectivity index (χ0v) is 18.5. The number of para-hydroxylation sites is 1. The van der Waals surface area contributed by atoms with Crippen LogP contribution in [0.2, 0.25) is 0 Å². The number of amides is 1. The Hall–Kier alpha value is -2.10. The van der Waals surface area contributed by atoms with Crippen molar-refractivity contribution in [2.24, 2.45) is 0 Å². The Bertz CT molecular complexity index is 1090. The molecule has 1 atom stereocenters. The van der Waals surface area contributed by atoms with Gasteiger partial charge in [-0.3, -0.25) is 4.79 Å². The van der Waals surface area contributed by atoms with Gasteiger partial charge in [0, 0.05) is 17.9 Å². The summed E-state index contributed by atoms with van der Waals surface area (Å²) >= 11 is 3.39. The molecule has 0 fully saturated rings. The monoisotopic (exact) mass is 480 g/mol. The van der Waals surface area contributed by atoms with Crippen molar-refractivity contribution in [3.63, 3.8) is 0 Å². The van der Waals surface area contributed by atoms with Crippen molar-refractivity contribution in [2.45, 2.75) is 30.7 Å². The summed E-state index contributed by atoms with van der Waals surface area (Å²) in [5.41, 5.74) is 2.19. The normalized spacial score (nSPS) is 18.0. The van der Waals surface area contributed by atoms with Gasteiger partial charge < -0.3 is 14.4 Å². The van der Waals surface area contributed by atoms with E-state index >= 15 is 0 Å². The Morgan fingerprint density at radius 2 is 2.10 bits per heavy atom. The molecule has 0 aromatic heterocycles. The molecule has 1 N–H and O–H groups in total. The summed E-state index contributed by atoms with van der Waals surface area (Å²) in [6.45, 7) is 2.11. The van der Waals surface area contributed by atoms with Crippen LogP contribution in [0.5, 0.6) is 11.5 Å². The molecule has 1 unspecified atom stereocenters. The summed E-state index contributed by atoms with van der Waals surface area (Å²) in [4.78, 5) is 13.7. The maximum absolute atomic E-state index is 13.3. The third kappa shape index (κ3) is 3.74. The molecule has 29 heavy (non-hydrogen) atoms. The third-order valence-electron chi connectivity index (χ3n) is 5.16. The summed E-state index contributed by atoms with van der Waals surface area (Å²) in [6.07, 6.45) is 1.11. The fourth-order valence-electron chi connectivity index (χ4n) is 3.90. The highest BCUT2D eigenvalue weighted by Gasteiger charge is 2.33. The molecule has 7 nitrogen and oxygen atoms in total. The fraction of sp³-hybridized carbons (Fsp3) is 0.350. The predicted molar refractivity (Wildman–Crippen MR) is 112 cm³/mol. The van der Waals surface area contributed by atoms with Gasteiger partial charge in [-0.05, 0) is 42.2 Å². The lowest BCUT2D eigenvalue weighted by Crippen LogP contribution is -2.43. The number of fused-ring (bicyclic) bond motifs is 2. The summed E-state index contributed by atoms with van der Waals surface area (Å²) in [5.74, 6) is 1.10. The lowest BCUT2D eigenvalue weighted by molar-refractivity contribution is -0.116. The average Bonchev–Trinajstić information content (AvgIpc) is 3.10. The van der Waals surface area contributed by atoms with Crippen molar-refractivity contribution in [3.8, 4) is 11.5 Å². The lowest BCUT2D eigenvalue weighted by Gasteiger charge is -2.27. The Kier molecular flexibility index (Phi) is 5.30. The fourth-order valence-corrected chi connectivity index (χ4v) is 6.05. The molecule has 154 valence electrons. The molecule has 0 saturated carbocycles. The Morgan fingerprint density at radius 1 is 1.31 bits per heavy atom. The molecule has 0 bridgehead atoms. The summed E-state index contributed by atoms with van der Waals surface area (Å²) in [6, 6.07) is 8.54. The highest BCUT2D eigenvalue weighted by atomic mass is 79.9. The second kappa shape index (κ2) is 7.62. The van der Waals surface area contributed by atoms with Crippen LogP contribution in [0.1, 0.15) is 18.1 Å². The maximum atomic E-state index is 13.3. The van der Waals surface area contributed by atoms with Crippen LogP contribution in [-0.2, 0) is 27.7 Å². The van der Waals surface area contributed by atoms with E-state index in [1.165, 1.54) is 11.8 Å². The summed E-state index contributed by atoms with van der Waals surface area (Å²) in [5, 5.41) is 0. The summed E-state index contributed by atoms with van der Waals surface area (Å²) in [7, 11) is -2.31. The van der Waals surface area contributed by atoms with Crippen molar-refractivity contribution < 1.29 is 22.7 Å². The van der Waals surface area contributed by atoms with E-state index in [9.17, 15) is 13.2 Å². The number of hydrogen-bond acceptors (Lipinski definition) is 5. The SMILES string of the molecule is COc1cccc2c1OCC(NS(=O)(=O)c1cc(Br)cc3c1N(C(C)=O)CC3)C2. The summed E-state index contributed by atoms with van der Waals surface area (Å²) < 4.78 is 41.0. The van der Waals surface area contributed by atoms with Gasteiger partial charge in [-0.25, -0.2) is 13.1 Å². The molecule has 1 amide bonds. The second-order valence-electron chi connectivity index (χ2n) is 7.11. The molecule has 0 aliphatic carbocycles. The number of carbonyl (C=O) groups is 1. The van der Waals surface area contributed by atoms with E-state index in [0.29, 0.717) is 41.0 Å². The van der Waals surface area contributed by atoms with Gasteiger partial charge in [0.05, 0.1) is 18.8 Å². The van der Waals surface area contributed by atoms with Crippen LogP contribution in [0, 0.1) is 0 Å². The first kappa shape index (κ1) is 20.2. The van der Waals surface area contributed by atoms with Crippen molar-refractivity contribution in [1.29, 1.82) is 0 Å². The number of halogens is 1. The Balaban J connectivity index is 1.65. The number of nitrogens with one attached hydrogen (secondary N) is 1. The number of anilines is 1. The van der Waals surface area contributed by atoms with Gasteiger partial charge >= 0.3 is 0 Å². The minimum Gasteiger partial charge on any atom is -0.493 e. The molecule has 2 heterocycles. The Labute approximate surface area is 178 Å². The van der Waals surface area contributed by atoms with Crippen LogP contribution in [0.25, 0.3) is 0 Å². The lowest BCUT2D eigenvalue weighted by atomic mass is 10.0. The number of hydrogen-bond donors (Lipinski definition) is 1. The van der Waals surface area contributed by atoms with Crippen molar-refractivity contribution in [2.75, 3.05) is 25.2 Å². The standard InChI is InChI=1S/C20H21BrN2O5S/c1-12(24)23-7-6-13-8-15(21)10-18(19(13)23)29(25,26)22-16-9-14-4-3-5-17(27-2)20(14)28-11-16/h3-5,8,10,16,22H,6-7,9,11H2,1-2H3. The molecular weight excluding hydrogens is 460 g/mol. The third-order valence-corrected chi connectivity index (χ3v) is 7.15. The largest absolute Gasteiger partial charge is 0.493 e. The Morgan fingerprint density at radius 3 is 2.83 bits per heavy atom. The minimum absolute atomic E-state index is 0.103. The van der Waals surface area contributed by atoms with Gasteiger partial charge in [-0.2, -0.15) is 0 Å².